The zero-order chi connectivity index (χ0) is 10.0. The van der Waals surface area contributed by atoms with Gasteiger partial charge in [-0.25, -0.2) is 4.79 Å². The van der Waals surface area contributed by atoms with Gasteiger partial charge >= 0.3 is 11.9 Å². The molecule has 1 amide bonds. The van der Waals surface area contributed by atoms with Gasteiger partial charge < -0.3 is 10.0 Å². The highest BCUT2D eigenvalue weighted by Gasteiger charge is 2.29. The van der Waals surface area contributed by atoms with E-state index in [1.54, 1.807) is 11.8 Å². The average Bonchev–Trinajstić information content (AvgIpc) is 2.01. The molecule has 13 heavy (non-hydrogen) atoms. The van der Waals surface area contributed by atoms with Crippen molar-refractivity contribution in [3.63, 3.8) is 0 Å². The summed E-state index contributed by atoms with van der Waals surface area (Å²) in [6, 6.07) is 0. The van der Waals surface area contributed by atoms with Crippen LogP contribution in [0, 0.1) is 0 Å². The van der Waals surface area contributed by atoms with Crippen molar-refractivity contribution in [2.75, 3.05) is 13.1 Å². The second-order valence-electron chi connectivity index (χ2n) is 3.27. The lowest BCUT2D eigenvalue weighted by Gasteiger charge is -2.33. The molecule has 0 aromatic carbocycles. The molecular formula is C8H13NO3S. The molecule has 1 fully saturated rings. The maximum absolute atomic E-state index is 11.1. The van der Waals surface area contributed by atoms with Crippen LogP contribution in [0.25, 0.3) is 0 Å². The van der Waals surface area contributed by atoms with E-state index >= 15 is 0 Å². The maximum Gasteiger partial charge on any atom is 0.394 e. The number of carboxylic acids is 1. The third-order valence-corrected chi connectivity index (χ3v) is 3.12. The minimum Gasteiger partial charge on any atom is -0.474 e. The molecule has 1 heterocycles. The third kappa shape index (κ3) is 2.62. The predicted octanol–water partition coefficient (Wildman–Crippen LogP) is 0.423. The normalized spacial score (nSPS) is 28.6. The van der Waals surface area contributed by atoms with E-state index in [1.165, 1.54) is 4.90 Å². The van der Waals surface area contributed by atoms with Crippen LogP contribution in [0.15, 0.2) is 0 Å². The Morgan fingerprint density at radius 3 is 2.15 bits per heavy atom. The van der Waals surface area contributed by atoms with Crippen LogP contribution in [0.4, 0.5) is 0 Å². The highest BCUT2D eigenvalue weighted by Crippen LogP contribution is 2.24. The Kier molecular flexibility index (Phi) is 3.19. The molecule has 5 heteroatoms. The van der Waals surface area contributed by atoms with Gasteiger partial charge in [-0.2, -0.15) is 11.8 Å². The molecule has 1 saturated heterocycles. The molecule has 1 aliphatic heterocycles. The largest absolute Gasteiger partial charge is 0.474 e. The fourth-order valence-electron chi connectivity index (χ4n) is 1.48. The molecule has 0 spiro atoms. The molecule has 0 bridgehead atoms. The van der Waals surface area contributed by atoms with E-state index < -0.39 is 11.9 Å². The van der Waals surface area contributed by atoms with Gasteiger partial charge in [-0.05, 0) is 0 Å². The molecule has 2 atom stereocenters. The highest BCUT2D eigenvalue weighted by molar-refractivity contribution is 8.00. The Bertz CT molecular complexity index is 221. The van der Waals surface area contributed by atoms with E-state index in [0.717, 1.165) is 0 Å². The SMILES string of the molecule is CC1CN(C(=O)C(=O)O)CC(C)S1. The first kappa shape index (κ1) is 10.4. The standard InChI is InChI=1S/C8H13NO3S/c1-5-3-9(4-6(2)13-5)7(10)8(11)12/h5-6H,3-4H2,1-2H3,(H,11,12). The molecule has 1 aliphatic rings. The van der Waals surface area contributed by atoms with Gasteiger partial charge in [0.1, 0.15) is 0 Å². The van der Waals surface area contributed by atoms with Gasteiger partial charge in [0, 0.05) is 23.6 Å². The molecule has 1 N–H and O–H groups in total. The zero-order valence-corrected chi connectivity index (χ0v) is 8.50. The summed E-state index contributed by atoms with van der Waals surface area (Å²) in [5.41, 5.74) is 0. The highest BCUT2D eigenvalue weighted by atomic mass is 32.2. The lowest BCUT2D eigenvalue weighted by Crippen LogP contribution is -2.46. The van der Waals surface area contributed by atoms with Gasteiger partial charge in [-0.15, -0.1) is 0 Å². The molecule has 0 saturated carbocycles. The van der Waals surface area contributed by atoms with Gasteiger partial charge in [0.2, 0.25) is 0 Å². The number of thioether (sulfide) groups is 1. The van der Waals surface area contributed by atoms with Crippen molar-refractivity contribution in [1.82, 2.24) is 4.90 Å². The Labute approximate surface area is 81.3 Å². The lowest BCUT2D eigenvalue weighted by atomic mass is 10.3. The fourth-order valence-corrected chi connectivity index (χ4v) is 2.80. The number of aliphatic carboxylic acids is 1. The number of rotatable bonds is 0. The zero-order valence-electron chi connectivity index (χ0n) is 7.69. The molecular weight excluding hydrogens is 190 g/mol. The fraction of sp³-hybridized carbons (Fsp3) is 0.750. The molecule has 4 nitrogen and oxygen atoms in total. The Morgan fingerprint density at radius 2 is 1.77 bits per heavy atom. The minimum absolute atomic E-state index is 0.326. The number of nitrogens with zero attached hydrogens (tertiary/aromatic N) is 1. The van der Waals surface area contributed by atoms with Crippen molar-refractivity contribution < 1.29 is 14.7 Å². The molecule has 0 aromatic rings. The number of amides is 1. The third-order valence-electron chi connectivity index (χ3n) is 1.89. The average molecular weight is 203 g/mol. The second kappa shape index (κ2) is 4.00. The van der Waals surface area contributed by atoms with Crippen LogP contribution < -0.4 is 0 Å². The second-order valence-corrected chi connectivity index (χ2v) is 5.15. The summed E-state index contributed by atoms with van der Waals surface area (Å²) in [6.45, 7) is 5.09. The van der Waals surface area contributed by atoms with Gasteiger partial charge in [-0.1, -0.05) is 13.8 Å². The van der Waals surface area contributed by atoms with Crippen LogP contribution in [-0.4, -0.2) is 45.5 Å². The maximum atomic E-state index is 11.1. The van der Waals surface area contributed by atoms with E-state index in [2.05, 4.69) is 0 Å². The Morgan fingerprint density at radius 1 is 1.31 bits per heavy atom. The predicted molar refractivity (Wildman–Crippen MR) is 50.7 cm³/mol. The summed E-state index contributed by atoms with van der Waals surface area (Å²) in [6.07, 6.45) is 0. The van der Waals surface area contributed by atoms with Crippen molar-refractivity contribution in [1.29, 1.82) is 0 Å². The Balaban J connectivity index is 2.60. The quantitative estimate of drug-likeness (QED) is 0.580. The van der Waals surface area contributed by atoms with Crippen LogP contribution >= 0.6 is 11.8 Å². The topological polar surface area (TPSA) is 57.6 Å². The van der Waals surface area contributed by atoms with Gasteiger partial charge in [-0.3, -0.25) is 4.79 Å². The molecule has 0 aromatic heterocycles. The summed E-state index contributed by atoms with van der Waals surface area (Å²) >= 11 is 1.79. The summed E-state index contributed by atoms with van der Waals surface area (Å²) in [5, 5.41) is 9.16. The number of carboxylic acid groups (broad SMARTS) is 1. The van der Waals surface area contributed by atoms with E-state index in [4.69, 9.17) is 5.11 Å². The molecule has 1 rings (SSSR count). The van der Waals surface area contributed by atoms with Crippen LogP contribution in [-0.2, 0) is 9.59 Å². The molecule has 2 unspecified atom stereocenters. The van der Waals surface area contributed by atoms with Gasteiger partial charge in [0.05, 0.1) is 0 Å². The Hall–Kier alpha value is -0.710. The number of hydrogen-bond donors (Lipinski definition) is 1. The van der Waals surface area contributed by atoms with Crippen molar-refractivity contribution in [3.8, 4) is 0 Å². The van der Waals surface area contributed by atoms with Gasteiger partial charge in [0.15, 0.2) is 0 Å². The molecule has 74 valence electrons. The summed E-state index contributed by atoms with van der Waals surface area (Å²) in [7, 11) is 0. The van der Waals surface area contributed by atoms with Crippen molar-refractivity contribution >= 4 is 23.6 Å². The van der Waals surface area contributed by atoms with E-state index in [-0.39, 0.29) is 0 Å². The lowest BCUT2D eigenvalue weighted by molar-refractivity contribution is -0.155. The van der Waals surface area contributed by atoms with E-state index in [9.17, 15) is 9.59 Å². The van der Waals surface area contributed by atoms with Gasteiger partial charge in [0.25, 0.3) is 0 Å². The number of carbonyl (C=O) groups excluding carboxylic acids is 1. The summed E-state index contributed by atoms with van der Waals surface area (Å²) in [5.74, 6) is -2.13. The first-order valence-corrected chi connectivity index (χ1v) is 5.12. The smallest absolute Gasteiger partial charge is 0.394 e. The van der Waals surface area contributed by atoms with Crippen LogP contribution in [0.2, 0.25) is 0 Å². The van der Waals surface area contributed by atoms with Crippen molar-refractivity contribution in [2.45, 2.75) is 24.3 Å². The number of hydrogen-bond acceptors (Lipinski definition) is 3. The van der Waals surface area contributed by atoms with Crippen LogP contribution in [0.1, 0.15) is 13.8 Å². The summed E-state index contributed by atoms with van der Waals surface area (Å²) in [4.78, 5) is 22.9. The molecule has 0 aliphatic carbocycles. The monoisotopic (exact) mass is 203 g/mol. The summed E-state index contributed by atoms with van der Waals surface area (Å²) < 4.78 is 0. The minimum atomic E-state index is -1.36. The van der Waals surface area contributed by atoms with Crippen LogP contribution in [0.5, 0.6) is 0 Å². The number of carbonyl (C=O) groups is 2. The van der Waals surface area contributed by atoms with E-state index in [1.807, 2.05) is 13.8 Å². The molecule has 0 radical (unpaired) electrons. The first-order valence-electron chi connectivity index (χ1n) is 4.18. The van der Waals surface area contributed by atoms with Crippen LogP contribution in [0.3, 0.4) is 0 Å². The van der Waals surface area contributed by atoms with Crippen molar-refractivity contribution in [2.24, 2.45) is 0 Å². The van der Waals surface area contributed by atoms with E-state index in [0.29, 0.717) is 23.6 Å². The first-order chi connectivity index (χ1) is 6.00. The van der Waals surface area contributed by atoms with Crippen molar-refractivity contribution in [3.05, 3.63) is 0 Å².